The Morgan fingerprint density at radius 1 is 1.29 bits per heavy atom. The Morgan fingerprint density at radius 2 is 1.90 bits per heavy atom. The Bertz CT molecular complexity index is 450. The number of hydrogen-bond donors (Lipinski definition) is 2. The fourth-order valence-corrected chi connectivity index (χ4v) is 2.86. The van der Waals surface area contributed by atoms with Gasteiger partial charge in [0.25, 0.3) is 0 Å². The molecule has 3 N–H and O–H groups in total. The fraction of sp³-hybridized carbons (Fsp3) is 0.588. The van der Waals surface area contributed by atoms with E-state index >= 15 is 0 Å². The molecule has 1 saturated heterocycles. The smallest absolute Gasteiger partial charge is 0.248 e. The zero-order valence-corrected chi connectivity index (χ0v) is 13.1. The molecule has 1 aliphatic heterocycles. The van der Waals surface area contributed by atoms with Gasteiger partial charge in [-0.1, -0.05) is 12.1 Å². The van der Waals surface area contributed by atoms with Gasteiger partial charge in [-0.3, -0.25) is 9.69 Å². The Labute approximate surface area is 127 Å². The molecule has 0 spiro atoms. The van der Waals surface area contributed by atoms with Gasteiger partial charge in [0.1, 0.15) is 0 Å². The molecule has 0 bridgehead atoms. The second kappa shape index (κ2) is 7.57. The van der Waals surface area contributed by atoms with Gasteiger partial charge in [-0.15, -0.1) is 0 Å². The summed E-state index contributed by atoms with van der Waals surface area (Å²) in [5.41, 5.74) is 7.10. The van der Waals surface area contributed by atoms with Crippen molar-refractivity contribution in [3.8, 4) is 0 Å². The second-order valence-corrected chi connectivity index (χ2v) is 6.28. The molecule has 4 heteroatoms. The Hall–Kier alpha value is -1.39. The first-order chi connectivity index (χ1) is 10.1. The minimum Gasteiger partial charge on any atom is -0.366 e. The summed E-state index contributed by atoms with van der Waals surface area (Å²) in [6, 6.07) is 8.19. The quantitative estimate of drug-likeness (QED) is 0.842. The summed E-state index contributed by atoms with van der Waals surface area (Å²) in [7, 11) is 0. The maximum atomic E-state index is 11.1. The first kappa shape index (κ1) is 16.0. The van der Waals surface area contributed by atoms with E-state index in [1.807, 2.05) is 24.3 Å². The molecule has 1 amide bonds. The highest BCUT2D eigenvalue weighted by Crippen LogP contribution is 2.17. The topological polar surface area (TPSA) is 58.4 Å². The van der Waals surface area contributed by atoms with Crippen molar-refractivity contribution in [2.75, 3.05) is 19.6 Å². The highest BCUT2D eigenvalue weighted by Gasteiger charge is 2.19. The van der Waals surface area contributed by atoms with E-state index in [1.54, 1.807) is 0 Å². The van der Waals surface area contributed by atoms with Gasteiger partial charge in [0.2, 0.25) is 5.91 Å². The summed E-state index contributed by atoms with van der Waals surface area (Å²) in [5.74, 6) is 0.426. The molecular weight excluding hydrogens is 262 g/mol. The summed E-state index contributed by atoms with van der Waals surface area (Å²) in [6.07, 6.45) is 2.54. The first-order valence-corrected chi connectivity index (χ1v) is 7.89. The van der Waals surface area contributed by atoms with Gasteiger partial charge in [0, 0.05) is 24.7 Å². The maximum Gasteiger partial charge on any atom is 0.248 e. The summed E-state index contributed by atoms with van der Waals surface area (Å²) in [6.45, 7) is 8.86. The molecule has 1 aliphatic rings. The number of carbonyl (C=O) groups is 1. The molecule has 0 aromatic heterocycles. The van der Waals surface area contributed by atoms with E-state index < -0.39 is 0 Å². The van der Waals surface area contributed by atoms with Crippen LogP contribution in [0.1, 0.15) is 42.6 Å². The van der Waals surface area contributed by atoms with Crippen molar-refractivity contribution < 1.29 is 4.79 Å². The summed E-state index contributed by atoms with van der Waals surface area (Å²) in [4.78, 5) is 13.6. The average molecular weight is 289 g/mol. The predicted molar refractivity (Wildman–Crippen MR) is 86.1 cm³/mol. The molecule has 1 heterocycles. The predicted octanol–water partition coefficient (Wildman–Crippen LogP) is 2.00. The highest BCUT2D eigenvalue weighted by atomic mass is 16.1. The van der Waals surface area contributed by atoms with Gasteiger partial charge in [-0.05, 0) is 63.4 Å². The zero-order chi connectivity index (χ0) is 15.2. The standard InChI is InChI=1S/C17H27N3O/c1-13(2)20(12-15-7-9-19-10-8-15)11-14-3-5-16(6-4-14)17(18)21/h3-6,13,15,19H,7-12H2,1-2H3,(H2,18,21). The van der Waals surface area contributed by atoms with Crippen molar-refractivity contribution in [3.63, 3.8) is 0 Å². The lowest BCUT2D eigenvalue weighted by Crippen LogP contribution is -2.39. The van der Waals surface area contributed by atoms with Crippen molar-refractivity contribution in [2.24, 2.45) is 11.7 Å². The number of piperidine rings is 1. The highest BCUT2D eigenvalue weighted by molar-refractivity contribution is 5.92. The number of rotatable bonds is 6. The van der Waals surface area contributed by atoms with Crippen LogP contribution in [0.25, 0.3) is 0 Å². The molecule has 21 heavy (non-hydrogen) atoms. The van der Waals surface area contributed by atoms with E-state index in [0.717, 1.165) is 32.1 Å². The van der Waals surface area contributed by atoms with Gasteiger partial charge < -0.3 is 11.1 Å². The van der Waals surface area contributed by atoms with Crippen molar-refractivity contribution in [3.05, 3.63) is 35.4 Å². The number of carbonyl (C=O) groups excluding carboxylic acids is 1. The van der Waals surface area contributed by atoms with Crippen molar-refractivity contribution in [1.82, 2.24) is 10.2 Å². The van der Waals surface area contributed by atoms with Crippen LogP contribution in [0.3, 0.4) is 0 Å². The summed E-state index contributed by atoms with van der Waals surface area (Å²) < 4.78 is 0. The molecule has 0 unspecified atom stereocenters. The van der Waals surface area contributed by atoms with Crippen molar-refractivity contribution >= 4 is 5.91 Å². The van der Waals surface area contributed by atoms with Crippen LogP contribution in [0, 0.1) is 5.92 Å². The van der Waals surface area contributed by atoms with Crippen LogP contribution < -0.4 is 11.1 Å². The zero-order valence-electron chi connectivity index (χ0n) is 13.1. The monoisotopic (exact) mass is 289 g/mol. The molecule has 0 radical (unpaired) electrons. The van der Waals surface area contributed by atoms with Gasteiger partial charge in [0.15, 0.2) is 0 Å². The maximum absolute atomic E-state index is 11.1. The first-order valence-electron chi connectivity index (χ1n) is 7.89. The number of nitrogens with two attached hydrogens (primary N) is 1. The number of benzene rings is 1. The minimum absolute atomic E-state index is 0.364. The lowest BCUT2D eigenvalue weighted by Gasteiger charge is -2.32. The Kier molecular flexibility index (Phi) is 5.76. The summed E-state index contributed by atoms with van der Waals surface area (Å²) in [5, 5.41) is 3.42. The molecule has 0 aliphatic carbocycles. The molecule has 1 aromatic rings. The van der Waals surface area contributed by atoms with E-state index in [-0.39, 0.29) is 5.91 Å². The van der Waals surface area contributed by atoms with E-state index in [4.69, 9.17) is 5.73 Å². The van der Waals surface area contributed by atoms with Crippen LogP contribution in [0.15, 0.2) is 24.3 Å². The third-order valence-corrected chi connectivity index (χ3v) is 4.31. The van der Waals surface area contributed by atoms with Crippen LogP contribution in [-0.4, -0.2) is 36.5 Å². The van der Waals surface area contributed by atoms with E-state index in [0.29, 0.717) is 11.6 Å². The number of nitrogens with zero attached hydrogens (tertiary/aromatic N) is 1. The normalized spacial score (nSPS) is 16.6. The van der Waals surface area contributed by atoms with Crippen LogP contribution in [0.4, 0.5) is 0 Å². The fourth-order valence-electron chi connectivity index (χ4n) is 2.86. The third-order valence-electron chi connectivity index (χ3n) is 4.31. The molecule has 0 atom stereocenters. The number of amides is 1. The van der Waals surface area contributed by atoms with E-state index in [9.17, 15) is 4.79 Å². The van der Waals surface area contributed by atoms with Crippen molar-refractivity contribution in [2.45, 2.75) is 39.3 Å². The minimum atomic E-state index is -0.364. The van der Waals surface area contributed by atoms with Crippen LogP contribution >= 0.6 is 0 Å². The number of primary amides is 1. The number of hydrogen-bond acceptors (Lipinski definition) is 3. The largest absolute Gasteiger partial charge is 0.366 e. The Balaban J connectivity index is 1.96. The lowest BCUT2D eigenvalue weighted by atomic mass is 9.96. The van der Waals surface area contributed by atoms with Crippen LogP contribution in [0.2, 0.25) is 0 Å². The molecular formula is C17H27N3O. The molecule has 0 saturated carbocycles. The van der Waals surface area contributed by atoms with Gasteiger partial charge in [0.05, 0.1) is 0 Å². The SMILES string of the molecule is CC(C)N(Cc1ccc(C(N)=O)cc1)CC1CCNCC1. The van der Waals surface area contributed by atoms with Crippen LogP contribution in [-0.2, 0) is 6.54 Å². The van der Waals surface area contributed by atoms with Crippen molar-refractivity contribution in [1.29, 1.82) is 0 Å². The van der Waals surface area contributed by atoms with Gasteiger partial charge >= 0.3 is 0 Å². The molecule has 4 nitrogen and oxygen atoms in total. The molecule has 1 fully saturated rings. The summed E-state index contributed by atoms with van der Waals surface area (Å²) >= 11 is 0. The average Bonchev–Trinajstić information content (AvgIpc) is 2.48. The van der Waals surface area contributed by atoms with Gasteiger partial charge in [-0.25, -0.2) is 0 Å². The number of nitrogens with one attached hydrogen (secondary N) is 1. The van der Waals surface area contributed by atoms with E-state index in [1.165, 1.54) is 18.4 Å². The third kappa shape index (κ3) is 4.83. The molecule has 116 valence electrons. The van der Waals surface area contributed by atoms with E-state index in [2.05, 4.69) is 24.1 Å². The van der Waals surface area contributed by atoms with Crippen LogP contribution in [0.5, 0.6) is 0 Å². The van der Waals surface area contributed by atoms with Gasteiger partial charge in [-0.2, -0.15) is 0 Å². The molecule has 2 rings (SSSR count). The molecule has 1 aromatic carbocycles. The Morgan fingerprint density at radius 3 is 2.43 bits per heavy atom. The second-order valence-electron chi connectivity index (χ2n) is 6.28. The lowest BCUT2D eigenvalue weighted by molar-refractivity contribution is 0.1000.